The highest BCUT2D eigenvalue weighted by Crippen LogP contribution is 2.23. The first-order valence-electron chi connectivity index (χ1n) is 6.94. The van der Waals surface area contributed by atoms with E-state index in [0.29, 0.717) is 16.6 Å². The second kappa shape index (κ2) is 6.95. The Hall–Kier alpha value is -1.26. The Balaban J connectivity index is 2.06. The molecule has 1 N–H and O–H groups in total. The Labute approximate surface area is 125 Å². The van der Waals surface area contributed by atoms with Crippen molar-refractivity contribution in [3.05, 3.63) is 28.8 Å². The van der Waals surface area contributed by atoms with E-state index < -0.39 is 0 Å². The number of ether oxygens (including phenoxy) is 1. The van der Waals surface area contributed by atoms with Gasteiger partial charge < -0.3 is 15.0 Å². The second-order valence-electron chi connectivity index (χ2n) is 5.19. The minimum absolute atomic E-state index is 0.369. The molecule has 0 bridgehead atoms. The molecule has 0 spiro atoms. The number of piperidine rings is 1. The van der Waals surface area contributed by atoms with Crippen LogP contribution in [-0.2, 0) is 4.74 Å². The van der Waals surface area contributed by atoms with E-state index in [1.807, 2.05) is 6.07 Å². The van der Waals surface area contributed by atoms with Crippen LogP contribution in [0.3, 0.4) is 0 Å². The smallest absolute Gasteiger partial charge is 0.340 e. The first kappa shape index (κ1) is 15.1. The van der Waals surface area contributed by atoms with Crippen LogP contribution in [0.25, 0.3) is 0 Å². The second-order valence-corrected chi connectivity index (χ2v) is 5.63. The predicted molar refractivity (Wildman–Crippen MR) is 81.6 cm³/mol. The number of nitrogens with one attached hydrogen (secondary N) is 1. The van der Waals surface area contributed by atoms with Crippen LogP contribution in [0.2, 0.25) is 5.02 Å². The molecule has 1 fully saturated rings. The molecule has 0 amide bonds. The van der Waals surface area contributed by atoms with Crippen molar-refractivity contribution in [1.82, 2.24) is 4.90 Å². The van der Waals surface area contributed by atoms with Crippen molar-refractivity contribution in [3.63, 3.8) is 0 Å². The highest BCUT2D eigenvalue weighted by atomic mass is 35.5. The summed E-state index contributed by atoms with van der Waals surface area (Å²) >= 11 is 5.95. The quantitative estimate of drug-likeness (QED) is 0.867. The molecule has 1 heterocycles. The van der Waals surface area contributed by atoms with E-state index in [1.165, 1.54) is 26.4 Å². The summed E-state index contributed by atoms with van der Waals surface area (Å²) in [7, 11) is 3.52. The summed E-state index contributed by atoms with van der Waals surface area (Å²) in [6.45, 7) is 1.96. The minimum atomic E-state index is -0.369. The lowest BCUT2D eigenvalue weighted by molar-refractivity contribution is 0.0601. The van der Waals surface area contributed by atoms with Crippen molar-refractivity contribution in [3.8, 4) is 0 Å². The van der Waals surface area contributed by atoms with Gasteiger partial charge in [0.15, 0.2) is 0 Å². The number of benzene rings is 1. The molecule has 0 aromatic heterocycles. The molecule has 0 saturated carbocycles. The van der Waals surface area contributed by atoms with E-state index in [4.69, 9.17) is 16.3 Å². The number of carbonyl (C=O) groups excluding carboxylic acids is 1. The Bertz CT molecular complexity index is 479. The number of esters is 1. The maximum absolute atomic E-state index is 11.8. The van der Waals surface area contributed by atoms with E-state index in [-0.39, 0.29) is 5.97 Å². The number of hydrogen-bond donors (Lipinski definition) is 1. The van der Waals surface area contributed by atoms with Gasteiger partial charge in [-0.3, -0.25) is 0 Å². The van der Waals surface area contributed by atoms with Gasteiger partial charge in [-0.25, -0.2) is 4.79 Å². The van der Waals surface area contributed by atoms with Gasteiger partial charge in [-0.05, 0) is 44.6 Å². The SMILES string of the molecule is COC(=O)c1cc(Cl)ccc1NCC1CCCCN1C. The van der Waals surface area contributed by atoms with Crippen LogP contribution in [0.5, 0.6) is 0 Å². The summed E-state index contributed by atoms with van der Waals surface area (Å²) in [6, 6.07) is 5.75. The Kier molecular flexibility index (Phi) is 5.26. The van der Waals surface area contributed by atoms with Crippen molar-refractivity contribution in [2.75, 3.05) is 32.6 Å². The molecule has 1 aliphatic rings. The lowest BCUT2D eigenvalue weighted by Crippen LogP contribution is -2.40. The average Bonchev–Trinajstić information content (AvgIpc) is 2.46. The molecular weight excluding hydrogens is 276 g/mol. The first-order valence-corrected chi connectivity index (χ1v) is 7.31. The first-order chi connectivity index (χ1) is 9.61. The molecule has 1 saturated heterocycles. The summed E-state index contributed by atoms with van der Waals surface area (Å²) in [6.07, 6.45) is 3.72. The lowest BCUT2D eigenvalue weighted by atomic mass is 10.0. The van der Waals surface area contributed by atoms with Gasteiger partial charge in [0.05, 0.1) is 12.7 Å². The van der Waals surface area contributed by atoms with E-state index in [0.717, 1.165) is 18.8 Å². The molecule has 20 heavy (non-hydrogen) atoms. The van der Waals surface area contributed by atoms with Crippen molar-refractivity contribution < 1.29 is 9.53 Å². The number of rotatable bonds is 4. The van der Waals surface area contributed by atoms with Gasteiger partial charge >= 0.3 is 5.97 Å². The molecule has 4 nitrogen and oxygen atoms in total. The Morgan fingerprint density at radius 3 is 3.00 bits per heavy atom. The number of hydrogen-bond acceptors (Lipinski definition) is 4. The molecule has 1 aromatic carbocycles. The molecular formula is C15H21ClN2O2. The fourth-order valence-electron chi connectivity index (χ4n) is 2.58. The van der Waals surface area contributed by atoms with Crippen LogP contribution in [0, 0.1) is 0 Å². The normalized spacial score (nSPS) is 19.6. The van der Waals surface area contributed by atoms with E-state index in [9.17, 15) is 4.79 Å². The van der Waals surface area contributed by atoms with E-state index in [2.05, 4.69) is 17.3 Å². The third-order valence-electron chi connectivity index (χ3n) is 3.84. The fraction of sp³-hybridized carbons (Fsp3) is 0.533. The van der Waals surface area contributed by atoms with Crippen LogP contribution in [0.4, 0.5) is 5.69 Å². The summed E-state index contributed by atoms with van der Waals surface area (Å²) in [4.78, 5) is 14.1. The maximum Gasteiger partial charge on any atom is 0.340 e. The molecule has 1 aromatic rings. The maximum atomic E-state index is 11.8. The van der Waals surface area contributed by atoms with Gasteiger partial charge in [-0.2, -0.15) is 0 Å². The number of halogens is 1. The molecule has 110 valence electrons. The lowest BCUT2D eigenvalue weighted by Gasteiger charge is -2.32. The molecule has 0 aliphatic carbocycles. The zero-order valence-electron chi connectivity index (χ0n) is 12.0. The molecule has 1 unspecified atom stereocenters. The molecule has 5 heteroatoms. The van der Waals surface area contributed by atoms with E-state index >= 15 is 0 Å². The van der Waals surface area contributed by atoms with Crippen molar-refractivity contribution in [1.29, 1.82) is 0 Å². The van der Waals surface area contributed by atoms with Gasteiger partial charge in [0.25, 0.3) is 0 Å². The zero-order valence-corrected chi connectivity index (χ0v) is 12.7. The highest BCUT2D eigenvalue weighted by Gasteiger charge is 2.19. The highest BCUT2D eigenvalue weighted by molar-refractivity contribution is 6.31. The van der Waals surface area contributed by atoms with Gasteiger partial charge in [0.2, 0.25) is 0 Å². The number of likely N-dealkylation sites (tertiary alicyclic amines) is 1. The zero-order chi connectivity index (χ0) is 14.5. The largest absolute Gasteiger partial charge is 0.465 e. The van der Waals surface area contributed by atoms with E-state index in [1.54, 1.807) is 12.1 Å². The number of likely N-dealkylation sites (N-methyl/N-ethyl adjacent to an activating group) is 1. The monoisotopic (exact) mass is 296 g/mol. The summed E-state index contributed by atoms with van der Waals surface area (Å²) in [5.74, 6) is -0.369. The van der Waals surface area contributed by atoms with Crippen molar-refractivity contribution >= 4 is 23.3 Å². The average molecular weight is 297 g/mol. The summed E-state index contributed by atoms with van der Waals surface area (Å²) < 4.78 is 4.80. The summed E-state index contributed by atoms with van der Waals surface area (Å²) in [5, 5.41) is 3.89. The van der Waals surface area contributed by atoms with Gasteiger partial charge in [-0.1, -0.05) is 18.0 Å². The van der Waals surface area contributed by atoms with Crippen molar-refractivity contribution in [2.45, 2.75) is 25.3 Å². The summed E-state index contributed by atoms with van der Waals surface area (Å²) in [5.41, 5.74) is 1.26. The van der Waals surface area contributed by atoms with Crippen LogP contribution in [0.15, 0.2) is 18.2 Å². The number of carbonyl (C=O) groups is 1. The molecule has 1 atom stereocenters. The molecule has 1 aliphatic heterocycles. The Morgan fingerprint density at radius 1 is 1.50 bits per heavy atom. The topological polar surface area (TPSA) is 41.6 Å². The van der Waals surface area contributed by atoms with Crippen LogP contribution < -0.4 is 5.32 Å². The van der Waals surface area contributed by atoms with Gasteiger partial charge in [0.1, 0.15) is 0 Å². The molecule has 0 radical (unpaired) electrons. The Morgan fingerprint density at radius 2 is 2.30 bits per heavy atom. The number of nitrogens with zero attached hydrogens (tertiary/aromatic N) is 1. The van der Waals surface area contributed by atoms with Crippen LogP contribution in [0.1, 0.15) is 29.6 Å². The number of anilines is 1. The fourth-order valence-corrected chi connectivity index (χ4v) is 2.75. The number of methoxy groups -OCH3 is 1. The van der Waals surface area contributed by atoms with Crippen LogP contribution >= 0.6 is 11.6 Å². The third-order valence-corrected chi connectivity index (χ3v) is 4.07. The van der Waals surface area contributed by atoms with Crippen LogP contribution in [-0.4, -0.2) is 44.2 Å². The predicted octanol–water partition coefficient (Wildman–Crippen LogP) is 3.02. The van der Waals surface area contributed by atoms with Crippen molar-refractivity contribution in [2.24, 2.45) is 0 Å². The minimum Gasteiger partial charge on any atom is -0.465 e. The third kappa shape index (κ3) is 3.64. The molecule has 2 rings (SSSR count). The standard InChI is InChI=1S/C15H21ClN2O2/c1-18-8-4-3-5-12(18)10-17-14-7-6-11(16)9-13(14)15(19)20-2/h6-7,9,12,17H,3-5,8,10H2,1-2H3. The van der Waals surface area contributed by atoms with Gasteiger partial charge in [-0.15, -0.1) is 0 Å². The van der Waals surface area contributed by atoms with Gasteiger partial charge in [0, 0.05) is 23.3 Å².